The zero-order valence-corrected chi connectivity index (χ0v) is 13.2. The molecule has 0 spiro atoms. The molecule has 0 fully saturated rings. The minimum atomic E-state index is -0.322. The Hall–Kier alpha value is -0.480. The van der Waals surface area contributed by atoms with E-state index < -0.39 is 0 Å². The molecule has 1 unspecified atom stereocenters. The van der Waals surface area contributed by atoms with Gasteiger partial charge in [0.05, 0.1) is 16.1 Å². The Balaban J connectivity index is 2.62. The average molecular weight is 324 g/mol. The van der Waals surface area contributed by atoms with E-state index in [-0.39, 0.29) is 11.9 Å². The Morgan fingerprint density at radius 2 is 1.89 bits per heavy atom. The number of carbonyl (C=O) groups excluding carboxylic acids is 1. The number of amides is 1. The third kappa shape index (κ3) is 4.84. The van der Waals surface area contributed by atoms with Crippen LogP contribution in [-0.4, -0.2) is 18.5 Å². The van der Waals surface area contributed by atoms with Crippen LogP contribution in [0.4, 0.5) is 0 Å². The lowest BCUT2D eigenvalue weighted by Crippen LogP contribution is -2.42. The molecule has 1 rings (SSSR count). The molecule has 1 aromatic carbocycles. The van der Waals surface area contributed by atoms with E-state index in [2.05, 4.69) is 10.6 Å². The second-order valence-corrected chi connectivity index (χ2v) is 5.41. The zero-order valence-electron chi connectivity index (χ0n) is 10.9. The van der Waals surface area contributed by atoms with Gasteiger partial charge in [-0.2, -0.15) is 0 Å². The van der Waals surface area contributed by atoms with E-state index >= 15 is 0 Å². The summed E-state index contributed by atoms with van der Waals surface area (Å²) in [6, 6.07) is 3.01. The summed E-state index contributed by atoms with van der Waals surface area (Å²) in [5, 5.41) is 7.29. The molecule has 1 amide bonds. The molecule has 0 aliphatic rings. The van der Waals surface area contributed by atoms with Gasteiger partial charge in [0.2, 0.25) is 5.91 Å². The summed E-state index contributed by atoms with van der Waals surface area (Å²) in [5.74, 6) is -0.0453. The SMILES string of the molecule is CCCNC(=O)C(C)NCc1c(Cl)ccc(Cl)c1Cl. The third-order valence-corrected chi connectivity index (χ3v) is 3.86. The lowest BCUT2D eigenvalue weighted by molar-refractivity contribution is -0.122. The van der Waals surface area contributed by atoms with Crippen LogP contribution in [0, 0.1) is 0 Å². The van der Waals surface area contributed by atoms with E-state index in [1.807, 2.05) is 6.92 Å². The van der Waals surface area contributed by atoms with E-state index in [4.69, 9.17) is 34.8 Å². The van der Waals surface area contributed by atoms with E-state index in [9.17, 15) is 4.79 Å². The van der Waals surface area contributed by atoms with Gasteiger partial charge in [0, 0.05) is 23.7 Å². The van der Waals surface area contributed by atoms with Crippen molar-refractivity contribution >= 4 is 40.7 Å². The standard InChI is InChI=1S/C13H17Cl3N2O/c1-3-6-17-13(19)8(2)18-7-9-10(14)4-5-11(15)12(9)16/h4-5,8,18H,3,6-7H2,1-2H3,(H,17,19). The normalized spacial score (nSPS) is 12.3. The summed E-state index contributed by atoms with van der Waals surface area (Å²) < 4.78 is 0. The average Bonchev–Trinajstić information content (AvgIpc) is 2.40. The minimum absolute atomic E-state index is 0.0453. The van der Waals surface area contributed by atoms with Gasteiger partial charge in [-0.3, -0.25) is 4.79 Å². The molecule has 0 aliphatic carbocycles. The highest BCUT2D eigenvalue weighted by molar-refractivity contribution is 6.44. The van der Waals surface area contributed by atoms with Crippen molar-refractivity contribution in [2.75, 3.05) is 6.54 Å². The highest BCUT2D eigenvalue weighted by Gasteiger charge is 2.14. The first-order chi connectivity index (χ1) is 8.97. The lowest BCUT2D eigenvalue weighted by atomic mass is 10.2. The monoisotopic (exact) mass is 322 g/mol. The number of benzene rings is 1. The Labute approximate surface area is 128 Å². The summed E-state index contributed by atoms with van der Waals surface area (Å²) in [6.45, 7) is 4.85. The largest absolute Gasteiger partial charge is 0.355 e. The maximum absolute atomic E-state index is 11.7. The number of halogens is 3. The van der Waals surface area contributed by atoms with Crippen molar-refractivity contribution in [2.45, 2.75) is 32.9 Å². The van der Waals surface area contributed by atoms with Crippen LogP contribution in [0.5, 0.6) is 0 Å². The van der Waals surface area contributed by atoms with Crippen LogP contribution in [-0.2, 0) is 11.3 Å². The number of carbonyl (C=O) groups is 1. The highest BCUT2D eigenvalue weighted by atomic mass is 35.5. The van der Waals surface area contributed by atoms with Gasteiger partial charge in [0.15, 0.2) is 0 Å². The quantitative estimate of drug-likeness (QED) is 0.785. The topological polar surface area (TPSA) is 41.1 Å². The summed E-state index contributed by atoms with van der Waals surface area (Å²) >= 11 is 18.1. The maximum Gasteiger partial charge on any atom is 0.236 e. The molecule has 0 saturated carbocycles. The van der Waals surface area contributed by atoms with Gasteiger partial charge in [-0.25, -0.2) is 0 Å². The van der Waals surface area contributed by atoms with Crippen LogP contribution in [0.25, 0.3) is 0 Å². The van der Waals surface area contributed by atoms with Crippen LogP contribution in [0.15, 0.2) is 12.1 Å². The van der Waals surface area contributed by atoms with Crippen LogP contribution >= 0.6 is 34.8 Å². The Morgan fingerprint density at radius 3 is 2.53 bits per heavy atom. The lowest BCUT2D eigenvalue weighted by Gasteiger charge is -2.15. The fraction of sp³-hybridized carbons (Fsp3) is 0.462. The fourth-order valence-corrected chi connectivity index (χ4v) is 2.16. The first kappa shape index (κ1) is 16.6. The van der Waals surface area contributed by atoms with E-state index in [0.29, 0.717) is 33.7 Å². The van der Waals surface area contributed by atoms with Crippen molar-refractivity contribution in [3.05, 3.63) is 32.8 Å². The zero-order chi connectivity index (χ0) is 14.4. The second-order valence-electron chi connectivity index (χ2n) is 4.22. The van der Waals surface area contributed by atoms with E-state index in [1.165, 1.54) is 0 Å². The van der Waals surface area contributed by atoms with Gasteiger partial charge in [-0.1, -0.05) is 41.7 Å². The summed E-state index contributed by atoms with van der Waals surface area (Å²) in [4.78, 5) is 11.7. The molecular formula is C13H17Cl3N2O. The predicted molar refractivity (Wildman–Crippen MR) is 81.1 cm³/mol. The van der Waals surface area contributed by atoms with Crippen molar-refractivity contribution in [2.24, 2.45) is 0 Å². The molecule has 0 aliphatic heterocycles. The first-order valence-corrected chi connectivity index (χ1v) is 7.24. The van der Waals surface area contributed by atoms with Crippen molar-refractivity contribution in [3.8, 4) is 0 Å². The molecule has 0 heterocycles. The summed E-state index contributed by atoms with van der Waals surface area (Å²) in [5.41, 5.74) is 0.700. The van der Waals surface area contributed by atoms with E-state index in [1.54, 1.807) is 19.1 Å². The fourth-order valence-electron chi connectivity index (χ4n) is 1.48. The Kier molecular flexibility index (Phi) is 6.94. The molecule has 19 heavy (non-hydrogen) atoms. The molecule has 0 radical (unpaired) electrons. The maximum atomic E-state index is 11.7. The van der Waals surface area contributed by atoms with Gasteiger partial charge in [-0.05, 0) is 25.5 Å². The molecular weight excluding hydrogens is 307 g/mol. The van der Waals surface area contributed by atoms with Gasteiger partial charge in [0.1, 0.15) is 0 Å². The predicted octanol–water partition coefficient (Wildman–Crippen LogP) is 3.65. The molecule has 106 valence electrons. The molecule has 0 bridgehead atoms. The molecule has 1 aromatic rings. The van der Waals surface area contributed by atoms with Gasteiger partial charge >= 0.3 is 0 Å². The van der Waals surface area contributed by atoms with Gasteiger partial charge in [0.25, 0.3) is 0 Å². The van der Waals surface area contributed by atoms with E-state index in [0.717, 1.165) is 6.42 Å². The van der Waals surface area contributed by atoms with Crippen molar-refractivity contribution in [1.29, 1.82) is 0 Å². The molecule has 0 aromatic heterocycles. The third-order valence-electron chi connectivity index (χ3n) is 2.67. The van der Waals surface area contributed by atoms with Crippen LogP contribution in [0.3, 0.4) is 0 Å². The van der Waals surface area contributed by atoms with Crippen LogP contribution in [0.2, 0.25) is 15.1 Å². The number of rotatable bonds is 6. The van der Waals surface area contributed by atoms with Gasteiger partial charge in [-0.15, -0.1) is 0 Å². The molecule has 2 N–H and O–H groups in total. The summed E-state index contributed by atoms with van der Waals surface area (Å²) in [6.07, 6.45) is 0.907. The molecule has 3 nitrogen and oxygen atoms in total. The number of hydrogen-bond acceptors (Lipinski definition) is 2. The molecule has 1 atom stereocenters. The Bertz CT molecular complexity index is 452. The van der Waals surface area contributed by atoms with Crippen molar-refractivity contribution in [3.63, 3.8) is 0 Å². The second kappa shape index (κ2) is 7.95. The van der Waals surface area contributed by atoms with Gasteiger partial charge < -0.3 is 10.6 Å². The van der Waals surface area contributed by atoms with Crippen LogP contribution < -0.4 is 10.6 Å². The first-order valence-electron chi connectivity index (χ1n) is 6.10. The molecule has 0 saturated heterocycles. The van der Waals surface area contributed by atoms with Crippen LogP contribution in [0.1, 0.15) is 25.8 Å². The summed E-state index contributed by atoms with van der Waals surface area (Å²) in [7, 11) is 0. The number of nitrogens with one attached hydrogen (secondary N) is 2. The number of hydrogen-bond donors (Lipinski definition) is 2. The molecule has 6 heteroatoms. The minimum Gasteiger partial charge on any atom is -0.355 e. The van der Waals surface area contributed by atoms with Crippen molar-refractivity contribution in [1.82, 2.24) is 10.6 Å². The smallest absolute Gasteiger partial charge is 0.236 e. The highest BCUT2D eigenvalue weighted by Crippen LogP contribution is 2.31. The Morgan fingerprint density at radius 1 is 1.26 bits per heavy atom. The van der Waals surface area contributed by atoms with Crippen molar-refractivity contribution < 1.29 is 4.79 Å².